The maximum Gasteiger partial charge on any atom is 0.311 e. The second kappa shape index (κ2) is 39.8. The highest BCUT2D eigenvalue weighted by Crippen LogP contribution is 2.44. The van der Waals surface area contributed by atoms with E-state index in [2.05, 4.69) is 0 Å². The molecule has 30 nitrogen and oxygen atoms in total. The fourth-order valence-corrected chi connectivity index (χ4v) is 17.5. The molecule has 0 aromatic carbocycles. The van der Waals surface area contributed by atoms with Gasteiger partial charge >= 0.3 is 11.9 Å². The van der Waals surface area contributed by atoms with E-state index in [-0.39, 0.29) is 85.6 Å². The third kappa shape index (κ3) is 23.1. The number of cyclic esters (lactones) is 2. The third-order valence-electron chi connectivity index (χ3n) is 24.4. The van der Waals surface area contributed by atoms with Crippen LogP contribution in [0.1, 0.15) is 190 Å². The molecule has 0 amide bonds. The number of hydrogen-bond acceptors (Lipinski definition) is 28. The Morgan fingerprint density at radius 3 is 1.05 bits per heavy atom. The van der Waals surface area contributed by atoms with Crippen molar-refractivity contribution < 1.29 is 128 Å². The molecule has 30 heteroatoms. The Morgan fingerprint density at radius 2 is 0.774 bits per heavy atom. The maximum atomic E-state index is 14.2. The Labute approximate surface area is 633 Å². The van der Waals surface area contributed by atoms with Crippen molar-refractivity contribution in [3.63, 3.8) is 0 Å². The maximum absolute atomic E-state index is 14.2. The Morgan fingerprint density at radius 1 is 0.472 bits per heavy atom. The van der Waals surface area contributed by atoms with Gasteiger partial charge in [0.2, 0.25) is 0 Å². The highest BCUT2D eigenvalue weighted by Gasteiger charge is 2.56. The first-order chi connectivity index (χ1) is 47.8. The van der Waals surface area contributed by atoms with E-state index in [4.69, 9.17) is 56.8 Å². The van der Waals surface area contributed by atoms with E-state index in [9.17, 15) is 60.7 Å². The van der Waals surface area contributed by atoms with Gasteiger partial charge in [0.1, 0.15) is 60.0 Å². The first kappa shape index (κ1) is 98.1. The number of ether oxygens (including phenoxy) is 12. The molecule has 628 valence electrons. The van der Waals surface area contributed by atoms with Crippen LogP contribution in [0.15, 0.2) is 0 Å². The molecule has 0 spiro atoms. The minimum Gasteiger partial charge on any atom is -0.459 e. The van der Waals surface area contributed by atoms with Crippen LogP contribution < -0.4 is 0 Å². The lowest BCUT2D eigenvalue weighted by atomic mass is 9.77. The van der Waals surface area contributed by atoms with Crippen LogP contribution in [0.2, 0.25) is 0 Å². The minimum atomic E-state index is -1.80. The molecule has 0 aliphatic carbocycles. The lowest BCUT2D eigenvalue weighted by molar-refractivity contribution is -0.318. The van der Waals surface area contributed by atoms with Gasteiger partial charge < -0.3 is 138 Å². The molecule has 6 aliphatic rings. The Balaban J connectivity index is 0.000000540. The Bertz CT molecular complexity index is 2460. The largest absolute Gasteiger partial charge is 0.459 e. The van der Waals surface area contributed by atoms with Crippen molar-refractivity contribution in [1.82, 2.24) is 19.6 Å². The van der Waals surface area contributed by atoms with Crippen LogP contribution in [-0.2, 0) is 66.4 Å². The van der Waals surface area contributed by atoms with Gasteiger partial charge in [0, 0.05) is 76.2 Å². The van der Waals surface area contributed by atoms with E-state index >= 15 is 0 Å². The van der Waals surface area contributed by atoms with Gasteiger partial charge in [-0.2, -0.15) is 0 Å². The average molecular weight is 1530 g/mol. The van der Waals surface area contributed by atoms with Gasteiger partial charge in [-0.05, 0) is 190 Å². The van der Waals surface area contributed by atoms with Gasteiger partial charge in [0.05, 0.1) is 83.1 Å². The number of likely N-dealkylation sites (N-methyl/N-ethyl adjacent to an activating group) is 4. The molecule has 106 heavy (non-hydrogen) atoms. The number of carbonyl (C=O) groups is 2. The predicted molar refractivity (Wildman–Crippen MR) is 396 cm³/mol. The summed E-state index contributed by atoms with van der Waals surface area (Å²) in [4.78, 5) is 36.1. The Kier molecular flexibility index (Phi) is 36.8. The summed E-state index contributed by atoms with van der Waals surface area (Å²) in [5.74, 6) is -5.17. The first-order valence-corrected chi connectivity index (χ1v) is 38.3. The summed E-state index contributed by atoms with van der Waals surface area (Å²) < 4.78 is 75.1. The fourth-order valence-electron chi connectivity index (χ4n) is 17.5. The molecule has 14 N–H and O–H groups in total. The van der Waals surface area contributed by atoms with Crippen LogP contribution in [0.5, 0.6) is 0 Å². The van der Waals surface area contributed by atoms with Gasteiger partial charge in [-0.15, -0.1) is 0 Å². The van der Waals surface area contributed by atoms with Crippen LogP contribution in [0.3, 0.4) is 0 Å². The summed E-state index contributed by atoms with van der Waals surface area (Å²) in [6.45, 7) is 36.1. The number of methoxy groups -OCH3 is 2. The van der Waals surface area contributed by atoms with Gasteiger partial charge in [-0.25, -0.2) is 0 Å². The topological polar surface area (TPSA) is 423 Å². The molecular formula is C76H148N4O26. The zero-order valence-electron chi connectivity index (χ0n) is 69.4. The number of nitrogens with zero attached hydrogens (tertiary/aromatic N) is 4. The quantitative estimate of drug-likeness (QED) is 0.111. The van der Waals surface area contributed by atoms with Gasteiger partial charge in [-0.1, -0.05) is 41.5 Å². The zero-order chi connectivity index (χ0) is 79.3. The van der Waals surface area contributed by atoms with Gasteiger partial charge in [-0.3, -0.25) is 9.59 Å². The van der Waals surface area contributed by atoms with Crippen LogP contribution in [0.25, 0.3) is 0 Å². The summed E-state index contributed by atoms with van der Waals surface area (Å²) in [7, 11) is 14.2. The number of aliphatic hydroxyl groups is 10. The molecular weight excluding hydrogens is 1380 g/mol. The first-order valence-electron chi connectivity index (χ1n) is 38.3. The number of hydrogen-bond donors (Lipinski definition) is 10. The van der Waals surface area contributed by atoms with Crippen molar-refractivity contribution >= 4 is 11.9 Å². The summed E-state index contributed by atoms with van der Waals surface area (Å²) in [5.41, 5.74) is -8.75. The summed E-state index contributed by atoms with van der Waals surface area (Å²) >= 11 is 0. The average Bonchev–Trinajstić information content (AvgIpc) is 1.05. The molecule has 6 saturated heterocycles. The van der Waals surface area contributed by atoms with E-state index in [0.717, 1.165) is 0 Å². The second-order valence-electron chi connectivity index (χ2n) is 34.3. The lowest BCUT2D eigenvalue weighted by Crippen LogP contribution is -2.60. The third-order valence-corrected chi connectivity index (χ3v) is 24.4. The number of esters is 2. The highest BCUT2D eigenvalue weighted by molar-refractivity contribution is 5.73. The second-order valence-corrected chi connectivity index (χ2v) is 34.3. The minimum absolute atomic E-state index is 0. The zero-order valence-corrected chi connectivity index (χ0v) is 69.4. The van der Waals surface area contributed by atoms with Crippen LogP contribution >= 0.6 is 0 Å². The van der Waals surface area contributed by atoms with Gasteiger partial charge in [0.25, 0.3) is 0 Å². The van der Waals surface area contributed by atoms with E-state index < -0.39 is 192 Å². The summed E-state index contributed by atoms with van der Waals surface area (Å²) in [5, 5.41) is 116. The van der Waals surface area contributed by atoms with E-state index in [1.54, 1.807) is 83.1 Å². The van der Waals surface area contributed by atoms with Crippen molar-refractivity contribution in [2.75, 3.05) is 69.6 Å². The van der Waals surface area contributed by atoms with Crippen molar-refractivity contribution in [1.29, 1.82) is 0 Å². The van der Waals surface area contributed by atoms with Crippen LogP contribution in [0, 0.1) is 35.5 Å². The molecule has 0 radical (unpaired) electrons. The van der Waals surface area contributed by atoms with E-state index in [0.29, 0.717) is 25.9 Å². The molecule has 0 aromatic heterocycles. The number of carbonyl (C=O) groups excluding carboxylic acids is 2. The van der Waals surface area contributed by atoms with Crippen molar-refractivity contribution in [3.05, 3.63) is 0 Å². The SMILES string of the molecule is CC[C@H]1OC(=O)[C@H](C)[C@@H](O[C@H]2C[C@@](C)(OC)[C@@H](O)[C@H](C)O2)[C@H](C)[C@@H](O[C@@H]2O[C@H](C)C[C@H](N(C)C)[C@H]2O)[C@](C)(O)C[C@@H](C)CN(C)[C@H](C)[C@@H](O)[C@]1(C)O.CC[C@H]1OC(=O)[C@H](C)[C@@H](O[C@H]2C[C@@](C)(OC)[C@@H](O)[C@H](C)O2)[C@H](C)[C@@H](O[C@@H]2O[C@H](C)C[C@H](N(C)C)[C@H]2O)[C@](C)(O)C[C@@H](C)CN(C)[C@H](C)[C@@H](O)[C@]1(C)O.O.O. The van der Waals surface area contributed by atoms with Crippen LogP contribution in [-0.4, -0.2) is 344 Å². The molecule has 0 saturated carbocycles. The van der Waals surface area contributed by atoms with Gasteiger partial charge in [0.15, 0.2) is 25.2 Å². The van der Waals surface area contributed by atoms with Crippen molar-refractivity contribution in [3.8, 4) is 0 Å². The molecule has 6 aliphatic heterocycles. The molecule has 0 aromatic rings. The highest BCUT2D eigenvalue weighted by atomic mass is 16.7. The Hall–Kier alpha value is -2.10. The molecule has 6 rings (SSSR count). The summed E-state index contributed by atoms with van der Waals surface area (Å²) in [6, 6.07) is -1.62. The molecule has 0 unspecified atom stereocenters. The number of rotatable bonds is 14. The lowest BCUT2D eigenvalue weighted by Gasteiger charge is -2.48. The molecule has 6 heterocycles. The standard InChI is InChI=1S/2C38H72N2O12.2H2O/c2*1-15-27-38(10,46)31(42)24(6)40(13)19-20(2)17-36(8,45)33(52-35-29(41)26(39(11)12)16-21(3)48-35)22(4)30(23(5)34(44)50-27)51-28-18-37(9,47-14)32(43)25(7)49-28;;/h2*20-33,35,41-43,45-46H,15-19H2,1-14H3;2*1H2/t2*20-,21-,22+,23-,24-,25+,26+,27-,28+,29-,30+,31-,32+,33-,35+,36-,37-,38-;;/m11../s1. The monoisotopic (exact) mass is 1530 g/mol. The molecule has 36 atom stereocenters. The van der Waals surface area contributed by atoms with E-state index in [1.807, 2.05) is 103 Å². The predicted octanol–water partition coefficient (Wildman–Crippen LogP) is 2.15. The molecule has 0 bridgehead atoms. The van der Waals surface area contributed by atoms with Crippen LogP contribution in [0.4, 0.5) is 0 Å². The smallest absolute Gasteiger partial charge is 0.311 e. The number of aliphatic hydroxyl groups excluding tert-OH is 6. The van der Waals surface area contributed by atoms with Crippen molar-refractivity contribution in [2.24, 2.45) is 35.5 Å². The molecule has 6 fully saturated rings. The van der Waals surface area contributed by atoms with Crippen molar-refractivity contribution in [2.45, 2.75) is 370 Å². The normalized spacial score (nSPS) is 48.7. The summed E-state index contributed by atoms with van der Waals surface area (Å²) in [6.07, 6.45) is -16.4. The van der Waals surface area contributed by atoms with E-state index in [1.165, 1.54) is 28.1 Å². The fraction of sp³-hybridized carbons (Fsp3) is 0.974.